The summed E-state index contributed by atoms with van der Waals surface area (Å²) in [7, 11) is -4.05. The maximum absolute atomic E-state index is 12.9. The molecule has 1 atom stereocenters. The lowest BCUT2D eigenvalue weighted by atomic mass is 10.0. The number of halogens is 3. The Hall–Kier alpha value is -1.63. The highest BCUT2D eigenvalue weighted by Gasteiger charge is 2.35. The van der Waals surface area contributed by atoms with Crippen LogP contribution in [0.4, 0.5) is 13.2 Å². The number of nitrogens with zero attached hydrogens (tertiary/aromatic N) is 1. The molecule has 0 spiro atoms. The zero-order chi connectivity index (χ0) is 17.1. The Kier molecular flexibility index (Phi) is 5.29. The highest BCUT2D eigenvalue weighted by molar-refractivity contribution is 7.89. The summed E-state index contributed by atoms with van der Waals surface area (Å²) in [6, 6.07) is 3.80. The van der Waals surface area contributed by atoms with Crippen LogP contribution in [0.1, 0.15) is 24.0 Å². The summed E-state index contributed by atoms with van der Waals surface area (Å²) in [5.74, 6) is 0.110. The molecule has 23 heavy (non-hydrogen) atoms. The minimum Gasteiger partial charge on any atom is -0.316 e. The van der Waals surface area contributed by atoms with Gasteiger partial charge in [0, 0.05) is 6.54 Å². The predicted molar refractivity (Wildman–Crippen MR) is 76.9 cm³/mol. The van der Waals surface area contributed by atoms with E-state index in [2.05, 4.69) is 10.0 Å². The first-order chi connectivity index (χ1) is 10.7. The van der Waals surface area contributed by atoms with E-state index in [0.717, 1.165) is 31.5 Å². The van der Waals surface area contributed by atoms with Crippen LogP contribution in [0.5, 0.6) is 0 Å². The third kappa shape index (κ3) is 4.43. The fraction of sp³-hybridized carbons (Fsp3) is 0.500. The molecule has 0 saturated carbocycles. The van der Waals surface area contributed by atoms with Crippen molar-refractivity contribution in [3.63, 3.8) is 0 Å². The number of nitriles is 1. The molecule has 0 bridgehead atoms. The number of piperidine rings is 1. The zero-order valence-electron chi connectivity index (χ0n) is 12.2. The van der Waals surface area contributed by atoms with Gasteiger partial charge in [-0.15, -0.1) is 0 Å². The third-order valence-electron chi connectivity index (χ3n) is 3.69. The van der Waals surface area contributed by atoms with Crippen molar-refractivity contribution in [1.29, 1.82) is 5.26 Å². The van der Waals surface area contributed by atoms with Crippen LogP contribution in [-0.2, 0) is 16.2 Å². The molecule has 9 heteroatoms. The molecule has 2 rings (SSSR count). The molecule has 0 amide bonds. The van der Waals surface area contributed by atoms with Crippen LogP contribution in [0.25, 0.3) is 0 Å². The van der Waals surface area contributed by atoms with Crippen molar-refractivity contribution in [2.45, 2.75) is 23.9 Å². The van der Waals surface area contributed by atoms with Gasteiger partial charge in [0.25, 0.3) is 0 Å². The van der Waals surface area contributed by atoms with Gasteiger partial charge in [0.15, 0.2) is 0 Å². The maximum atomic E-state index is 12.9. The topological polar surface area (TPSA) is 82.0 Å². The lowest BCUT2D eigenvalue weighted by molar-refractivity contribution is -0.137. The van der Waals surface area contributed by atoms with Gasteiger partial charge in [0.05, 0.1) is 22.1 Å². The maximum Gasteiger partial charge on any atom is 0.417 e. The van der Waals surface area contributed by atoms with Crippen molar-refractivity contribution in [2.75, 3.05) is 19.6 Å². The SMILES string of the molecule is N#Cc1ccc(S(=O)(=O)NC[C@@H]2CCCNC2)cc1C(F)(F)F. The molecule has 1 saturated heterocycles. The lowest BCUT2D eigenvalue weighted by Gasteiger charge is -2.23. The molecule has 1 aromatic carbocycles. The summed E-state index contributed by atoms with van der Waals surface area (Å²) in [5, 5.41) is 11.9. The molecule has 0 aliphatic carbocycles. The molecule has 126 valence electrons. The summed E-state index contributed by atoms with van der Waals surface area (Å²) in [6.07, 6.45) is -3.00. The van der Waals surface area contributed by atoms with Gasteiger partial charge in [-0.05, 0) is 50.0 Å². The average Bonchev–Trinajstić information content (AvgIpc) is 2.52. The van der Waals surface area contributed by atoms with Crippen LogP contribution >= 0.6 is 0 Å². The second-order valence-electron chi connectivity index (χ2n) is 5.38. The number of sulfonamides is 1. The summed E-state index contributed by atoms with van der Waals surface area (Å²) in [5.41, 5.74) is -1.85. The Balaban J connectivity index is 2.21. The molecule has 5 nitrogen and oxygen atoms in total. The Bertz CT molecular complexity index is 705. The van der Waals surface area contributed by atoms with E-state index < -0.39 is 32.2 Å². The van der Waals surface area contributed by atoms with Crippen LogP contribution < -0.4 is 10.0 Å². The lowest BCUT2D eigenvalue weighted by Crippen LogP contribution is -2.38. The molecule has 0 radical (unpaired) electrons. The fourth-order valence-corrected chi connectivity index (χ4v) is 3.57. The van der Waals surface area contributed by atoms with E-state index in [1.165, 1.54) is 6.07 Å². The van der Waals surface area contributed by atoms with Crippen molar-refractivity contribution in [1.82, 2.24) is 10.0 Å². The van der Waals surface area contributed by atoms with Gasteiger partial charge in [-0.25, -0.2) is 13.1 Å². The number of hydrogen-bond donors (Lipinski definition) is 2. The zero-order valence-corrected chi connectivity index (χ0v) is 13.0. The average molecular weight is 347 g/mol. The molecule has 2 N–H and O–H groups in total. The molecule has 1 fully saturated rings. The highest BCUT2D eigenvalue weighted by Crippen LogP contribution is 2.33. The van der Waals surface area contributed by atoms with Gasteiger partial charge in [0.2, 0.25) is 10.0 Å². The van der Waals surface area contributed by atoms with E-state index >= 15 is 0 Å². The minimum atomic E-state index is -4.79. The van der Waals surface area contributed by atoms with Crippen molar-refractivity contribution in [3.05, 3.63) is 29.3 Å². The van der Waals surface area contributed by atoms with Crippen molar-refractivity contribution in [2.24, 2.45) is 5.92 Å². The molecule has 0 unspecified atom stereocenters. The first-order valence-electron chi connectivity index (χ1n) is 7.06. The quantitative estimate of drug-likeness (QED) is 0.871. The first kappa shape index (κ1) is 17.7. The number of hydrogen-bond acceptors (Lipinski definition) is 4. The predicted octanol–water partition coefficient (Wildman–Crippen LogP) is 1.85. The first-order valence-corrected chi connectivity index (χ1v) is 8.54. The monoisotopic (exact) mass is 347 g/mol. The smallest absolute Gasteiger partial charge is 0.316 e. The third-order valence-corrected chi connectivity index (χ3v) is 5.11. The largest absolute Gasteiger partial charge is 0.417 e. The van der Waals surface area contributed by atoms with Crippen LogP contribution in [0.15, 0.2) is 23.1 Å². The van der Waals surface area contributed by atoms with Gasteiger partial charge >= 0.3 is 6.18 Å². The minimum absolute atomic E-state index is 0.110. The Morgan fingerprint density at radius 1 is 1.39 bits per heavy atom. The summed E-state index contributed by atoms with van der Waals surface area (Å²) < 4.78 is 65.4. The van der Waals surface area contributed by atoms with Gasteiger partial charge < -0.3 is 5.32 Å². The normalized spacial score (nSPS) is 19.3. The molecule has 1 heterocycles. The van der Waals surface area contributed by atoms with Crippen LogP contribution in [-0.4, -0.2) is 28.1 Å². The van der Waals surface area contributed by atoms with Crippen molar-refractivity contribution in [3.8, 4) is 6.07 Å². The summed E-state index contributed by atoms with van der Waals surface area (Å²) >= 11 is 0. The number of rotatable bonds is 4. The van der Waals surface area contributed by atoms with Crippen LogP contribution in [0.3, 0.4) is 0 Å². The Morgan fingerprint density at radius 3 is 2.70 bits per heavy atom. The second-order valence-corrected chi connectivity index (χ2v) is 7.15. The second kappa shape index (κ2) is 6.86. The van der Waals surface area contributed by atoms with E-state index in [1.54, 1.807) is 0 Å². The van der Waals surface area contributed by atoms with Crippen LogP contribution in [0.2, 0.25) is 0 Å². The standard InChI is InChI=1S/C14H16F3N3O2S/c15-14(16,17)13-6-12(4-3-11(13)7-18)23(21,22)20-9-10-2-1-5-19-8-10/h3-4,6,10,19-20H,1-2,5,8-9H2/t10-/m1/s1. The fourth-order valence-electron chi connectivity index (χ4n) is 2.43. The Labute approximate surface area is 132 Å². The van der Waals surface area contributed by atoms with Crippen molar-refractivity contribution >= 4 is 10.0 Å². The van der Waals surface area contributed by atoms with Gasteiger partial charge in [-0.3, -0.25) is 0 Å². The molecule has 0 aromatic heterocycles. The van der Waals surface area contributed by atoms with E-state index in [4.69, 9.17) is 5.26 Å². The molecular formula is C14H16F3N3O2S. The molecule has 1 aliphatic rings. The number of nitrogens with one attached hydrogen (secondary N) is 2. The Morgan fingerprint density at radius 2 is 2.13 bits per heavy atom. The van der Waals surface area contributed by atoms with Gasteiger partial charge in [-0.2, -0.15) is 18.4 Å². The van der Waals surface area contributed by atoms with Crippen molar-refractivity contribution < 1.29 is 21.6 Å². The molecular weight excluding hydrogens is 331 g/mol. The van der Waals surface area contributed by atoms with Gasteiger partial charge in [-0.1, -0.05) is 0 Å². The number of benzene rings is 1. The van der Waals surface area contributed by atoms with Gasteiger partial charge in [0.1, 0.15) is 0 Å². The molecule has 1 aliphatic heterocycles. The molecule has 1 aromatic rings. The van der Waals surface area contributed by atoms with E-state index in [-0.39, 0.29) is 12.5 Å². The van der Waals surface area contributed by atoms with Crippen LogP contribution in [0, 0.1) is 17.2 Å². The highest BCUT2D eigenvalue weighted by atomic mass is 32.2. The number of alkyl halides is 3. The van der Waals surface area contributed by atoms with E-state index in [9.17, 15) is 21.6 Å². The van der Waals surface area contributed by atoms with E-state index in [0.29, 0.717) is 12.6 Å². The summed E-state index contributed by atoms with van der Waals surface area (Å²) in [6.45, 7) is 1.72. The summed E-state index contributed by atoms with van der Waals surface area (Å²) in [4.78, 5) is -0.493. The van der Waals surface area contributed by atoms with E-state index in [1.807, 2.05) is 0 Å².